The van der Waals surface area contributed by atoms with Crippen molar-refractivity contribution in [1.82, 2.24) is 4.98 Å². The van der Waals surface area contributed by atoms with E-state index in [0.717, 1.165) is 57.1 Å². The van der Waals surface area contributed by atoms with E-state index in [1.54, 1.807) is 36.9 Å². The number of hydrogen-bond donors (Lipinski definition) is 0. The van der Waals surface area contributed by atoms with Crippen LogP contribution in [-0.4, -0.2) is 31.7 Å². The van der Waals surface area contributed by atoms with Crippen molar-refractivity contribution in [1.29, 1.82) is 0 Å². The molecule has 0 N–H and O–H groups in total. The summed E-state index contributed by atoms with van der Waals surface area (Å²) in [6, 6.07) is 16.0. The monoisotopic (exact) mass is 491 g/mol. The Hall–Kier alpha value is -3.56. The van der Waals surface area contributed by atoms with E-state index in [1.807, 2.05) is 40.7 Å². The Morgan fingerprint density at radius 3 is 2.74 bits per heavy atom. The second-order valence-corrected chi connectivity index (χ2v) is 9.57. The molecule has 2 aliphatic rings. The van der Waals surface area contributed by atoms with Gasteiger partial charge in [0.15, 0.2) is 11.5 Å². The van der Waals surface area contributed by atoms with Crippen molar-refractivity contribution >= 4 is 33.5 Å². The predicted octanol–water partition coefficient (Wildman–Crippen LogP) is 5.97. The highest BCUT2D eigenvalue weighted by molar-refractivity contribution is 7.14. The Balaban J connectivity index is 1.40. The van der Waals surface area contributed by atoms with E-state index in [4.69, 9.17) is 29.0 Å². The fourth-order valence-corrected chi connectivity index (χ4v) is 5.71. The largest absolute Gasteiger partial charge is 0.497 e. The Morgan fingerprint density at radius 2 is 1.91 bits per heavy atom. The molecular formula is C25H21N3O4S2. The molecule has 4 heterocycles. The van der Waals surface area contributed by atoms with Crippen molar-refractivity contribution in [2.24, 2.45) is 5.10 Å². The van der Waals surface area contributed by atoms with Crippen molar-refractivity contribution in [3.63, 3.8) is 0 Å². The summed E-state index contributed by atoms with van der Waals surface area (Å²) in [6.07, 6.45) is 0.775. The van der Waals surface area contributed by atoms with Gasteiger partial charge in [0.25, 0.3) is 0 Å². The third-order valence-corrected chi connectivity index (χ3v) is 7.62. The first-order chi connectivity index (χ1) is 16.7. The molecule has 1 atom stereocenters. The highest BCUT2D eigenvalue weighted by Gasteiger charge is 2.33. The Bertz CT molecular complexity index is 1370. The summed E-state index contributed by atoms with van der Waals surface area (Å²) in [5.74, 6) is 3.04. The third kappa shape index (κ3) is 3.66. The number of aromatic nitrogens is 1. The number of methoxy groups -OCH3 is 2. The first-order valence-electron chi connectivity index (χ1n) is 10.7. The molecule has 0 fully saturated rings. The van der Waals surface area contributed by atoms with Gasteiger partial charge in [-0.15, -0.1) is 22.7 Å². The van der Waals surface area contributed by atoms with Crippen LogP contribution in [0.3, 0.4) is 0 Å². The molecule has 0 bridgehead atoms. The van der Waals surface area contributed by atoms with Gasteiger partial charge in [-0.1, -0.05) is 12.1 Å². The zero-order valence-electron chi connectivity index (χ0n) is 18.6. The number of hydrogen-bond acceptors (Lipinski definition) is 9. The number of fused-ring (bicyclic) bond motifs is 1. The molecule has 0 amide bonds. The normalized spacial score (nSPS) is 16.6. The fraction of sp³-hybridized carbons (Fsp3) is 0.200. The second kappa shape index (κ2) is 8.66. The highest BCUT2D eigenvalue weighted by atomic mass is 32.1. The van der Waals surface area contributed by atoms with Crippen LogP contribution in [0, 0.1) is 0 Å². The lowest BCUT2D eigenvalue weighted by Gasteiger charge is -2.21. The van der Waals surface area contributed by atoms with E-state index in [2.05, 4.69) is 23.6 Å². The van der Waals surface area contributed by atoms with Gasteiger partial charge in [-0.25, -0.2) is 9.99 Å². The van der Waals surface area contributed by atoms with Crippen LogP contribution in [-0.2, 0) is 0 Å². The van der Waals surface area contributed by atoms with Gasteiger partial charge < -0.3 is 18.9 Å². The maximum Gasteiger partial charge on any atom is 0.231 e. The molecule has 172 valence electrons. The summed E-state index contributed by atoms with van der Waals surface area (Å²) < 4.78 is 22.1. The summed E-state index contributed by atoms with van der Waals surface area (Å²) in [4.78, 5) is 6.13. The first-order valence-corrected chi connectivity index (χ1v) is 12.5. The molecule has 6 rings (SSSR count). The van der Waals surface area contributed by atoms with Crippen LogP contribution in [0.1, 0.15) is 22.9 Å². The summed E-state index contributed by atoms with van der Waals surface area (Å²) in [5, 5.41) is 12.0. The average molecular weight is 492 g/mol. The zero-order chi connectivity index (χ0) is 23.1. The molecule has 9 heteroatoms. The number of ether oxygens (including phenoxy) is 4. The van der Waals surface area contributed by atoms with Gasteiger partial charge >= 0.3 is 0 Å². The molecule has 4 aromatic rings. The van der Waals surface area contributed by atoms with Gasteiger partial charge in [-0.3, -0.25) is 0 Å². The average Bonchev–Trinajstić information content (AvgIpc) is 3.68. The lowest BCUT2D eigenvalue weighted by molar-refractivity contribution is 0.174. The van der Waals surface area contributed by atoms with Crippen molar-refractivity contribution in [2.75, 3.05) is 26.0 Å². The van der Waals surface area contributed by atoms with Crippen LogP contribution >= 0.6 is 22.7 Å². The molecule has 2 aromatic heterocycles. The molecular weight excluding hydrogens is 470 g/mol. The van der Waals surface area contributed by atoms with Crippen LogP contribution in [0.15, 0.2) is 64.4 Å². The molecule has 0 aliphatic carbocycles. The van der Waals surface area contributed by atoms with E-state index in [0.29, 0.717) is 0 Å². The van der Waals surface area contributed by atoms with Crippen LogP contribution in [0.5, 0.6) is 23.0 Å². The molecule has 7 nitrogen and oxygen atoms in total. The lowest BCUT2D eigenvalue weighted by atomic mass is 10.0. The van der Waals surface area contributed by atoms with E-state index in [1.165, 1.54) is 4.88 Å². The minimum Gasteiger partial charge on any atom is -0.497 e. The van der Waals surface area contributed by atoms with E-state index in [-0.39, 0.29) is 12.8 Å². The molecule has 2 aliphatic heterocycles. The Kier molecular flexibility index (Phi) is 5.35. The maximum absolute atomic E-state index is 5.63. The summed E-state index contributed by atoms with van der Waals surface area (Å²) in [7, 11) is 3.31. The second-order valence-electron chi connectivity index (χ2n) is 7.78. The molecule has 0 saturated carbocycles. The molecule has 0 radical (unpaired) electrons. The van der Waals surface area contributed by atoms with Gasteiger partial charge in [0.1, 0.15) is 11.5 Å². The van der Waals surface area contributed by atoms with Gasteiger partial charge in [0.05, 0.1) is 36.5 Å². The lowest BCUT2D eigenvalue weighted by Crippen LogP contribution is -2.18. The minimum atomic E-state index is -0.00203. The van der Waals surface area contributed by atoms with Crippen LogP contribution in [0.25, 0.3) is 11.3 Å². The number of thiophene rings is 1. The summed E-state index contributed by atoms with van der Waals surface area (Å²) in [5.41, 5.74) is 3.86. The van der Waals surface area contributed by atoms with Crippen LogP contribution < -0.4 is 24.0 Å². The molecule has 0 spiro atoms. The molecule has 1 unspecified atom stereocenters. The number of rotatable bonds is 6. The Morgan fingerprint density at radius 1 is 1.00 bits per heavy atom. The first kappa shape index (κ1) is 21.0. The number of nitrogens with zero attached hydrogens (tertiary/aromatic N) is 3. The smallest absolute Gasteiger partial charge is 0.231 e. The number of benzene rings is 2. The third-order valence-electron chi connectivity index (χ3n) is 5.87. The molecule has 2 aromatic carbocycles. The topological polar surface area (TPSA) is 65.4 Å². The quantitative estimate of drug-likeness (QED) is 0.331. The predicted molar refractivity (Wildman–Crippen MR) is 134 cm³/mol. The molecule has 0 saturated heterocycles. The maximum atomic E-state index is 5.63. The van der Waals surface area contributed by atoms with Gasteiger partial charge in [-0.2, -0.15) is 5.10 Å². The Labute approximate surface area is 204 Å². The van der Waals surface area contributed by atoms with Crippen molar-refractivity contribution < 1.29 is 18.9 Å². The van der Waals surface area contributed by atoms with E-state index < -0.39 is 0 Å². The zero-order valence-corrected chi connectivity index (χ0v) is 20.2. The van der Waals surface area contributed by atoms with E-state index >= 15 is 0 Å². The SMILES string of the molecule is COc1ccc(OC)c(-c2csc(N3N=C(c4cccs4)CC3c3ccc4c(c3)OCO4)n2)c1. The van der Waals surface area contributed by atoms with Gasteiger partial charge in [0, 0.05) is 17.4 Å². The highest BCUT2D eigenvalue weighted by Crippen LogP contribution is 2.43. The minimum absolute atomic E-state index is 0.00203. The standard InChI is InChI=1S/C25H21N3O4S2/c1-29-16-6-8-21(30-2)17(11-16)19-13-34-25(26-19)28-20(12-18(27-28)24-4-3-9-33-24)15-5-7-22-23(10-15)32-14-31-22/h3-11,13,20H,12,14H2,1-2H3. The summed E-state index contributed by atoms with van der Waals surface area (Å²) in [6.45, 7) is 0.252. The van der Waals surface area contributed by atoms with Gasteiger partial charge in [-0.05, 0) is 47.3 Å². The van der Waals surface area contributed by atoms with Gasteiger partial charge in [0.2, 0.25) is 11.9 Å². The number of anilines is 1. The van der Waals surface area contributed by atoms with Crippen LogP contribution in [0.2, 0.25) is 0 Å². The van der Waals surface area contributed by atoms with E-state index in [9.17, 15) is 0 Å². The molecule has 34 heavy (non-hydrogen) atoms. The summed E-state index contributed by atoms with van der Waals surface area (Å²) >= 11 is 3.25. The fourth-order valence-electron chi connectivity index (χ4n) is 4.17. The number of thiazole rings is 1. The number of hydrazone groups is 1. The van der Waals surface area contributed by atoms with Crippen LogP contribution in [0.4, 0.5) is 5.13 Å². The van der Waals surface area contributed by atoms with Crippen molar-refractivity contribution in [3.8, 4) is 34.3 Å². The van der Waals surface area contributed by atoms with Crippen molar-refractivity contribution in [3.05, 3.63) is 69.7 Å². The van der Waals surface area contributed by atoms with Crippen molar-refractivity contribution in [2.45, 2.75) is 12.5 Å².